The van der Waals surface area contributed by atoms with Gasteiger partial charge >= 0.3 is 0 Å². The van der Waals surface area contributed by atoms with Gasteiger partial charge in [0, 0.05) is 29.3 Å². The first-order valence-electron chi connectivity index (χ1n) is 8.45. The molecule has 0 unspecified atom stereocenters. The first-order valence-corrected chi connectivity index (χ1v) is 8.45. The first kappa shape index (κ1) is 19.8. The number of amides is 1. The number of nitriles is 1. The summed E-state index contributed by atoms with van der Waals surface area (Å²) in [4.78, 5) is 19.4. The molecule has 27 heavy (non-hydrogen) atoms. The van der Waals surface area contributed by atoms with Crippen LogP contribution in [-0.4, -0.2) is 22.4 Å². The molecule has 0 saturated heterocycles. The van der Waals surface area contributed by atoms with Gasteiger partial charge in [0.25, 0.3) is 0 Å². The molecule has 0 aliphatic rings. The zero-order chi connectivity index (χ0) is 20.0. The lowest BCUT2D eigenvalue weighted by atomic mass is 9.96. The molecule has 1 amide bonds. The number of allylic oxidation sites excluding steroid dienone is 4. The molecule has 0 fully saturated rings. The van der Waals surface area contributed by atoms with E-state index in [0.717, 1.165) is 22.2 Å². The highest BCUT2D eigenvalue weighted by Gasteiger charge is 2.17. The van der Waals surface area contributed by atoms with Crippen LogP contribution < -0.4 is 5.32 Å². The molecule has 0 aliphatic heterocycles. The second-order valence-corrected chi connectivity index (χ2v) is 6.90. The van der Waals surface area contributed by atoms with E-state index in [2.05, 4.69) is 33.9 Å². The number of carbonyl (C=O) groups is 1. The van der Waals surface area contributed by atoms with Gasteiger partial charge in [0.05, 0.1) is 17.2 Å². The van der Waals surface area contributed by atoms with E-state index in [0.29, 0.717) is 17.8 Å². The predicted octanol–water partition coefficient (Wildman–Crippen LogP) is 3.73. The van der Waals surface area contributed by atoms with Crippen LogP contribution in [0.2, 0.25) is 0 Å². The zero-order valence-corrected chi connectivity index (χ0v) is 15.8. The largest absolute Gasteiger partial charge is 0.351 e. The molecule has 136 valence electrons. The Balaban J connectivity index is 2.03. The van der Waals surface area contributed by atoms with E-state index < -0.39 is 5.41 Å². The molecule has 2 heterocycles. The van der Waals surface area contributed by atoms with Gasteiger partial charge in [-0.2, -0.15) is 5.26 Å². The van der Waals surface area contributed by atoms with Gasteiger partial charge in [-0.25, -0.2) is 4.98 Å². The topological polar surface area (TPSA) is 81.6 Å². The van der Waals surface area contributed by atoms with Gasteiger partial charge in [0.1, 0.15) is 5.65 Å². The van der Waals surface area contributed by atoms with E-state index in [9.17, 15) is 4.79 Å². The van der Waals surface area contributed by atoms with Crippen molar-refractivity contribution in [2.75, 3.05) is 6.54 Å². The van der Waals surface area contributed by atoms with Crippen LogP contribution in [0.5, 0.6) is 0 Å². The van der Waals surface area contributed by atoms with Crippen LogP contribution in [0.4, 0.5) is 0 Å². The average Bonchev–Trinajstić information content (AvgIpc) is 3.08. The summed E-state index contributed by atoms with van der Waals surface area (Å²) >= 11 is 0. The monoisotopic (exact) mass is 358 g/mol. The molecule has 0 aromatic carbocycles. The van der Waals surface area contributed by atoms with Gasteiger partial charge < -0.3 is 10.3 Å². The quantitative estimate of drug-likeness (QED) is 0.469. The average molecular weight is 358 g/mol. The SMILES string of the molecule is C#Cc1cc2cc(C(=C)/C=C\C=C(/C)C(=O)NCC(C)(C)C#N)cnc2[nH]1. The fourth-order valence-electron chi connectivity index (χ4n) is 2.23. The molecular formula is C22H22N4O. The lowest BCUT2D eigenvalue weighted by Crippen LogP contribution is -2.33. The molecule has 2 aromatic rings. The van der Waals surface area contributed by atoms with Crippen LogP contribution in [0.1, 0.15) is 32.0 Å². The Labute approximate surface area is 159 Å². The van der Waals surface area contributed by atoms with Gasteiger partial charge in [0.2, 0.25) is 5.91 Å². The molecule has 5 heteroatoms. The third-order valence-electron chi connectivity index (χ3n) is 3.99. The minimum absolute atomic E-state index is 0.203. The van der Waals surface area contributed by atoms with Crippen molar-refractivity contribution in [2.45, 2.75) is 20.8 Å². The number of fused-ring (bicyclic) bond motifs is 1. The first-order chi connectivity index (χ1) is 12.8. The number of nitrogens with one attached hydrogen (secondary N) is 2. The predicted molar refractivity (Wildman–Crippen MR) is 108 cm³/mol. The third kappa shape index (κ3) is 5.20. The highest BCUT2D eigenvalue weighted by atomic mass is 16.1. The molecule has 0 radical (unpaired) electrons. The fourth-order valence-corrected chi connectivity index (χ4v) is 2.23. The number of H-pyrrole nitrogens is 1. The fraction of sp³-hybridized carbons (Fsp3) is 0.227. The van der Waals surface area contributed by atoms with Crippen molar-refractivity contribution in [1.29, 1.82) is 5.26 Å². The van der Waals surface area contributed by atoms with Gasteiger partial charge in [0.15, 0.2) is 0 Å². The Hall–Kier alpha value is -3.57. The van der Waals surface area contributed by atoms with Crippen LogP contribution in [0, 0.1) is 29.1 Å². The van der Waals surface area contributed by atoms with Gasteiger partial charge in [-0.1, -0.05) is 30.7 Å². The molecule has 2 aromatic heterocycles. The summed E-state index contributed by atoms with van der Waals surface area (Å²) in [6.45, 7) is 9.61. The van der Waals surface area contributed by atoms with Crippen molar-refractivity contribution in [3.63, 3.8) is 0 Å². The second kappa shape index (κ2) is 8.21. The van der Waals surface area contributed by atoms with Crippen LogP contribution in [0.25, 0.3) is 16.6 Å². The summed E-state index contributed by atoms with van der Waals surface area (Å²) in [5.74, 6) is 2.35. The minimum Gasteiger partial charge on any atom is -0.351 e. The number of hydrogen-bond donors (Lipinski definition) is 2. The van der Waals surface area contributed by atoms with Gasteiger partial charge in [-0.15, -0.1) is 6.42 Å². The standard InChI is InChI=1S/C22H22N4O/c1-6-19-11-17-10-18(12-24-20(17)26-19)15(2)8-7-9-16(3)21(27)25-14-22(4,5)13-23/h1,7-12H,2,14H2,3-5H3,(H,24,26)(H,25,27)/b8-7-,16-9+. The van der Waals surface area contributed by atoms with E-state index in [1.807, 2.05) is 18.2 Å². The second-order valence-electron chi connectivity index (χ2n) is 6.90. The third-order valence-corrected chi connectivity index (χ3v) is 3.99. The number of aromatic nitrogens is 2. The number of hydrogen-bond acceptors (Lipinski definition) is 3. The van der Waals surface area contributed by atoms with Crippen LogP contribution in [0.15, 0.2) is 48.7 Å². The summed E-state index contributed by atoms with van der Waals surface area (Å²) in [7, 11) is 0. The molecule has 0 aliphatic carbocycles. The number of pyridine rings is 1. The van der Waals surface area contributed by atoms with Crippen molar-refractivity contribution in [3.05, 3.63) is 60.0 Å². The van der Waals surface area contributed by atoms with E-state index >= 15 is 0 Å². The smallest absolute Gasteiger partial charge is 0.246 e. The maximum atomic E-state index is 12.1. The number of rotatable bonds is 6. The van der Waals surface area contributed by atoms with E-state index in [-0.39, 0.29) is 5.91 Å². The van der Waals surface area contributed by atoms with Crippen molar-refractivity contribution in [1.82, 2.24) is 15.3 Å². The highest BCUT2D eigenvalue weighted by Crippen LogP contribution is 2.19. The molecule has 0 saturated carbocycles. The highest BCUT2D eigenvalue weighted by molar-refractivity contribution is 5.93. The Morgan fingerprint density at radius 3 is 2.89 bits per heavy atom. The molecule has 0 spiro atoms. The van der Waals surface area contributed by atoms with Crippen molar-refractivity contribution < 1.29 is 4.79 Å². The van der Waals surface area contributed by atoms with E-state index in [1.54, 1.807) is 39.1 Å². The molecular weight excluding hydrogens is 336 g/mol. The summed E-state index contributed by atoms with van der Waals surface area (Å²) in [6, 6.07) is 5.97. The number of nitrogens with zero attached hydrogens (tertiary/aromatic N) is 2. The number of terminal acetylenes is 1. The summed E-state index contributed by atoms with van der Waals surface area (Å²) in [5.41, 5.74) is 3.00. The molecule has 5 nitrogen and oxygen atoms in total. The molecule has 2 rings (SSSR count). The van der Waals surface area contributed by atoms with Gasteiger partial charge in [-0.3, -0.25) is 4.79 Å². The molecule has 2 N–H and O–H groups in total. The van der Waals surface area contributed by atoms with Crippen LogP contribution in [0.3, 0.4) is 0 Å². The Bertz CT molecular complexity index is 1020. The normalized spacial score (nSPS) is 12.0. The number of carbonyl (C=O) groups excluding carboxylic acids is 1. The van der Waals surface area contributed by atoms with Crippen molar-refractivity contribution >= 4 is 22.5 Å². The number of aromatic amines is 1. The lowest BCUT2D eigenvalue weighted by Gasteiger charge is -2.15. The lowest BCUT2D eigenvalue weighted by molar-refractivity contribution is -0.117. The Kier molecular flexibility index (Phi) is 6.00. The van der Waals surface area contributed by atoms with Crippen molar-refractivity contribution in [3.8, 4) is 18.4 Å². The molecule has 0 bridgehead atoms. The van der Waals surface area contributed by atoms with Crippen molar-refractivity contribution in [2.24, 2.45) is 5.41 Å². The molecule has 0 atom stereocenters. The zero-order valence-electron chi connectivity index (χ0n) is 15.8. The van der Waals surface area contributed by atoms with Crippen LogP contribution in [-0.2, 0) is 4.79 Å². The minimum atomic E-state index is -0.594. The van der Waals surface area contributed by atoms with E-state index in [4.69, 9.17) is 11.7 Å². The van der Waals surface area contributed by atoms with Crippen LogP contribution >= 0.6 is 0 Å². The Morgan fingerprint density at radius 2 is 2.22 bits per heavy atom. The summed E-state index contributed by atoms with van der Waals surface area (Å²) < 4.78 is 0. The summed E-state index contributed by atoms with van der Waals surface area (Å²) in [5, 5.41) is 12.7. The Morgan fingerprint density at radius 1 is 1.48 bits per heavy atom. The maximum Gasteiger partial charge on any atom is 0.246 e. The van der Waals surface area contributed by atoms with E-state index in [1.165, 1.54) is 0 Å². The maximum absolute atomic E-state index is 12.1. The van der Waals surface area contributed by atoms with Gasteiger partial charge in [-0.05, 0) is 38.5 Å². The summed E-state index contributed by atoms with van der Waals surface area (Å²) in [6.07, 6.45) is 12.4.